The number of hydrogen-bond acceptors (Lipinski definition) is 1. The smallest absolute Gasteiger partial charge is 0.0809 e. The van der Waals surface area contributed by atoms with Gasteiger partial charge >= 0.3 is 0 Å². The number of aliphatic hydroxyl groups excluding tert-OH is 1. The minimum Gasteiger partial charge on any atom is -0.388 e. The normalized spacial score (nSPS) is 46.7. The van der Waals surface area contributed by atoms with Crippen LogP contribution >= 0.6 is 15.9 Å². The zero-order valence-corrected chi connectivity index (χ0v) is 19.0. The van der Waals surface area contributed by atoms with Crippen molar-refractivity contribution in [2.45, 2.75) is 77.7 Å². The molecular weight excluding hydrogens is 408 g/mol. The van der Waals surface area contributed by atoms with Gasteiger partial charge in [0.25, 0.3) is 0 Å². The van der Waals surface area contributed by atoms with Crippen LogP contribution < -0.4 is 0 Å². The van der Waals surface area contributed by atoms with E-state index in [2.05, 4.69) is 60.1 Å². The van der Waals surface area contributed by atoms with Crippen LogP contribution in [0.15, 0.2) is 34.3 Å². The molecule has 1 aromatic rings. The number of fused-ring (bicyclic) bond motifs is 5. The fraction of sp³-hybridized carbons (Fsp3) is 0.692. The maximum Gasteiger partial charge on any atom is 0.0809 e. The van der Waals surface area contributed by atoms with Gasteiger partial charge in [-0.3, -0.25) is 0 Å². The third-order valence-electron chi connectivity index (χ3n) is 9.65. The molecule has 0 aliphatic heterocycles. The van der Waals surface area contributed by atoms with Crippen LogP contribution in [0.4, 0.5) is 0 Å². The lowest BCUT2D eigenvalue weighted by Gasteiger charge is -2.60. The van der Waals surface area contributed by atoms with Crippen LogP contribution in [-0.4, -0.2) is 11.2 Å². The molecule has 1 N–H and O–H groups in total. The van der Waals surface area contributed by atoms with Gasteiger partial charge in [0.2, 0.25) is 0 Å². The minimum atomic E-state index is -0.269. The molecule has 7 atom stereocenters. The highest BCUT2D eigenvalue weighted by Crippen LogP contribution is 2.67. The van der Waals surface area contributed by atoms with E-state index in [0.717, 1.165) is 28.6 Å². The first-order valence-electron chi connectivity index (χ1n) is 11.6. The SMILES string of the molecule is C[C@]12CCCC[C@H]1CC[C@@H]1[C@@H]2CC[C@]2(C)[C@@H](O)/C(=C/c3cccc(Br)c3)C[C@@H]12. The second-order valence-electron chi connectivity index (χ2n) is 10.8. The molecule has 0 amide bonds. The Bertz CT molecular complexity index is 784. The fourth-order valence-corrected chi connectivity index (χ4v) is 8.52. The van der Waals surface area contributed by atoms with E-state index >= 15 is 0 Å². The van der Waals surface area contributed by atoms with Crippen molar-refractivity contribution in [3.8, 4) is 0 Å². The monoisotopic (exact) mass is 442 g/mol. The lowest BCUT2D eigenvalue weighted by molar-refractivity contribution is -0.119. The summed E-state index contributed by atoms with van der Waals surface area (Å²) in [5.41, 5.74) is 3.15. The Kier molecular flexibility index (Phi) is 4.83. The first-order chi connectivity index (χ1) is 13.4. The second kappa shape index (κ2) is 6.98. The summed E-state index contributed by atoms with van der Waals surface area (Å²) in [6.07, 6.45) is 14.3. The summed E-state index contributed by atoms with van der Waals surface area (Å²) in [5.74, 6) is 3.34. The van der Waals surface area contributed by atoms with Crippen LogP contribution in [0.2, 0.25) is 0 Å². The molecule has 0 saturated heterocycles. The predicted molar refractivity (Wildman–Crippen MR) is 120 cm³/mol. The average Bonchev–Trinajstić information content (AvgIpc) is 2.92. The standard InChI is InChI=1S/C26H35BrO/c1-25-12-4-3-7-19(25)9-10-21-22(25)11-13-26(2)23(21)16-18(24(26)28)14-17-6-5-8-20(27)15-17/h5-6,8,14-15,19,21-24,28H,3-4,7,9-13,16H2,1-2H3/b18-14+/t19-,21+,22-,23-,24-,25-,26-/m0/s1. The highest BCUT2D eigenvalue weighted by atomic mass is 79.9. The molecule has 0 aromatic heterocycles. The van der Waals surface area contributed by atoms with Crippen LogP contribution in [0, 0.1) is 34.5 Å². The third kappa shape index (κ3) is 2.88. The van der Waals surface area contributed by atoms with E-state index in [1.165, 1.54) is 62.5 Å². The topological polar surface area (TPSA) is 20.2 Å². The van der Waals surface area contributed by atoms with E-state index in [-0.39, 0.29) is 11.5 Å². The Morgan fingerprint density at radius 2 is 1.86 bits per heavy atom. The molecule has 0 bridgehead atoms. The molecule has 5 rings (SSSR count). The molecule has 4 aliphatic carbocycles. The number of hydrogen-bond donors (Lipinski definition) is 1. The van der Waals surface area contributed by atoms with Crippen molar-refractivity contribution in [2.24, 2.45) is 34.5 Å². The summed E-state index contributed by atoms with van der Waals surface area (Å²) < 4.78 is 1.11. The number of benzene rings is 1. The van der Waals surface area contributed by atoms with Crippen LogP contribution in [0.5, 0.6) is 0 Å². The third-order valence-corrected chi connectivity index (χ3v) is 10.1. The van der Waals surface area contributed by atoms with E-state index < -0.39 is 0 Å². The lowest BCUT2D eigenvalue weighted by Crippen LogP contribution is -2.53. The summed E-state index contributed by atoms with van der Waals surface area (Å²) in [6.45, 7) is 5.04. The molecule has 152 valence electrons. The summed E-state index contributed by atoms with van der Waals surface area (Å²) in [6, 6.07) is 8.49. The Labute approximate surface area is 179 Å². The van der Waals surface area contributed by atoms with Gasteiger partial charge in [0, 0.05) is 9.89 Å². The first kappa shape index (κ1) is 19.4. The van der Waals surface area contributed by atoms with Gasteiger partial charge in [0.05, 0.1) is 6.10 Å². The van der Waals surface area contributed by atoms with E-state index in [1.54, 1.807) is 0 Å². The van der Waals surface area contributed by atoms with Crippen LogP contribution in [0.1, 0.15) is 77.2 Å². The molecule has 0 spiro atoms. The summed E-state index contributed by atoms with van der Waals surface area (Å²) in [4.78, 5) is 0. The molecule has 4 fully saturated rings. The Morgan fingerprint density at radius 3 is 2.68 bits per heavy atom. The van der Waals surface area contributed by atoms with Crippen LogP contribution in [0.25, 0.3) is 6.08 Å². The molecule has 4 aliphatic rings. The number of rotatable bonds is 1. The lowest BCUT2D eigenvalue weighted by atomic mass is 9.45. The summed E-state index contributed by atoms with van der Waals surface area (Å²) in [5, 5.41) is 11.4. The van der Waals surface area contributed by atoms with Gasteiger partial charge in [-0.05, 0) is 97.3 Å². The highest BCUT2D eigenvalue weighted by Gasteiger charge is 2.60. The van der Waals surface area contributed by atoms with Gasteiger partial charge in [-0.15, -0.1) is 0 Å². The first-order valence-corrected chi connectivity index (χ1v) is 12.4. The molecule has 2 heteroatoms. The number of aliphatic hydroxyl groups is 1. The highest BCUT2D eigenvalue weighted by molar-refractivity contribution is 9.10. The van der Waals surface area contributed by atoms with Crippen LogP contribution in [0.3, 0.4) is 0 Å². The fourth-order valence-electron chi connectivity index (χ4n) is 8.10. The van der Waals surface area contributed by atoms with Crippen molar-refractivity contribution < 1.29 is 5.11 Å². The van der Waals surface area contributed by atoms with Crippen molar-refractivity contribution in [3.63, 3.8) is 0 Å². The van der Waals surface area contributed by atoms with E-state index in [4.69, 9.17) is 0 Å². The molecule has 0 unspecified atom stereocenters. The quantitative estimate of drug-likeness (QED) is 0.485. The summed E-state index contributed by atoms with van der Waals surface area (Å²) in [7, 11) is 0. The van der Waals surface area contributed by atoms with Gasteiger partial charge in [-0.25, -0.2) is 0 Å². The van der Waals surface area contributed by atoms with Gasteiger partial charge in [0.15, 0.2) is 0 Å². The largest absolute Gasteiger partial charge is 0.388 e. The Morgan fingerprint density at radius 1 is 1.00 bits per heavy atom. The van der Waals surface area contributed by atoms with Crippen molar-refractivity contribution in [3.05, 3.63) is 39.9 Å². The Balaban J connectivity index is 1.46. The van der Waals surface area contributed by atoms with Gasteiger partial charge in [-0.1, -0.05) is 60.8 Å². The maximum absolute atomic E-state index is 11.4. The number of halogens is 1. The van der Waals surface area contributed by atoms with Crippen molar-refractivity contribution >= 4 is 22.0 Å². The molecule has 1 nitrogen and oxygen atoms in total. The zero-order valence-electron chi connectivity index (χ0n) is 17.5. The molecular formula is C26H35BrO. The maximum atomic E-state index is 11.4. The minimum absolute atomic E-state index is 0.0802. The zero-order chi connectivity index (χ0) is 19.5. The van der Waals surface area contributed by atoms with E-state index in [9.17, 15) is 5.11 Å². The second-order valence-corrected chi connectivity index (χ2v) is 11.7. The van der Waals surface area contributed by atoms with Gasteiger partial charge in [-0.2, -0.15) is 0 Å². The average molecular weight is 443 g/mol. The Hall–Kier alpha value is -0.600. The molecule has 0 heterocycles. The van der Waals surface area contributed by atoms with Crippen molar-refractivity contribution in [1.82, 2.24) is 0 Å². The van der Waals surface area contributed by atoms with Crippen molar-refractivity contribution in [2.75, 3.05) is 0 Å². The molecule has 0 radical (unpaired) electrons. The van der Waals surface area contributed by atoms with E-state index in [1.807, 2.05) is 0 Å². The molecule has 4 saturated carbocycles. The van der Waals surface area contributed by atoms with Gasteiger partial charge < -0.3 is 5.11 Å². The van der Waals surface area contributed by atoms with Crippen LogP contribution in [-0.2, 0) is 0 Å². The molecule has 1 aromatic carbocycles. The van der Waals surface area contributed by atoms with Crippen molar-refractivity contribution in [1.29, 1.82) is 0 Å². The summed E-state index contributed by atoms with van der Waals surface area (Å²) >= 11 is 3.59. The van der Waals surface area contributed by atoms with E-state index in [0.29, 0.717) is 11.3 Å². The molecule has 28 heavy (non-hydrogen) atoms. The predicted octanol–water partition coefficient (Wildman–Crippen LogP) is 7.24. The van der Waals surface area contributed by atoms with Gasteiger partial charge in [0.1, 0.15) is 0 Å².